The van der Waals surface area contributed by atoms with E-state index in [1.54, 1.807) is 7.11 Å². The van der Waals surface area contributed by atoms with Gasteiger partial charge in [-0.15, -0.1) is 0 Å². The zero-order valence-electron chi connectivity index (χ0n) is 15.5. The van der Waals surface area contributed by atoms with Crippen LogP contribution in [0.4, 0.5) is 5.69 Å². The number of amides is 1. The highest BCUT2D eigenvalue weighted by Crippen LogP contribution is 2.24. The molecule has 5 nitrogen and oxygen atoms in total. The minimum atomic E-state index is -0.0587. The molecule has 0 unspecified atom stereocenters. The third kappa shape index (κ3) is 5.08. The summed E-state index contributed by atoms with van der Waals surface area (Å²) in [6.45, 7) is 3.89. The Hall–Kier alpha value is -2.86. The van der Waals surface area contributed by atoms with Gasteiger partial charge >= 0.3 is 0 Å². The number of hydrogen-bond acceptors (Lipinski definition) is 5. The number of aryl methyl sites for hydroxylation is 2. The summed E-state index contributed by atoms with van der Waals surface area (Å²) in [7, 11) is 1.63. The minimum Gasteiger partial charge on any atom is -0.497 e. The molecule has 1 N–H and O–H groups in total. The van der Waals surface area contributed by atoms with Gasteiger partial charge in [-0.25, -0.2) is 9.97 Å². The van der Waals surface area contributed by atoms with Crippen LogP contribution in [0.3, 0.4) is 0 Å². The van der Waals surface area contributed by atoms with Crippen molar-refractivity contribution < 1.29 is 9.53 Å². The van der Waals surface area contributed by atoms with Gasteiger partial charge in [0.25, 0.3) is 0 Å². The van der Waals surface area contributed by atoms with Crippen LogP contribution in [0.1, 0.15) is 11.3 Å². The van der Waals surface area contributed by atoms with Crippen LogP contribution in [-0.4, -0.2) is 28.7 Å². The second-order valence-corrected chi connectivity index (χ2v) is 7.05. The monoisotopic (exact) mass is 379 g/mol. The summed E-state index contributed by atoms with van der Waals surface area (Å²) < 4.78 is 5.19. The number of ether oxygens (including phenoxy) is 1. The van der Waals surface area contributed by atoms with Crippen molar-refractivity contribution in [1.29, 1.82) is 0 Å². The van der Waals surface area contributed by atoms with Crippen LogP contribution >= 0.6 is 11.8 Å². The second-order valence-electron chi connectivity index (χ2n) is 6.05. The number of anilines is 1. The van der Waals surface area contributed by atoms with Crippen LogP contribution in [0, 0.1) is 13.8 Å². The van der Waals surface area contributed by atoms with Gasteiger partial charge < -0.3 is 10.1 Å². The topological polar surface area (TPSA) is 64.1 Å². The summed E-state index contributed by atoms with van der Waals surface area (Å²) in [5.41, 5.74) is 3.64. The van der Waals surface area contributed by atoms with Crippen LogP contribution < -0.4 is 10.1 Å². The van der Waals surface area contributed by atoms with Gasteiger partial charge in [0.2, 0.25) is 5.91 Å². The maximum absolute atomic E-state index is 12.3. The van der Waals surface area contributed by atoms with E-state index in [4.69, 9.17) is 4.74 Å². The first kappa shape index (κ1) is 18.9. The Morgan fingerprint density at radius 1 is 1.07 bits per heavy atom. The van der Waals surface area contributed by atoms with Crippen LogP contribution in [0.25, 0.3) is 11.4 Å². The Morgan fingerprint density at radius 2 is 1.81 bits per heavy atom. The van der Waals surface area contributed by atoms with E-state index < -0.39 is 0 Å². The molecule has 0 atom stereocenters. The van der Waals surface area contributed by atoms with Crippen LogP contribution in [0.15, 0.2) is 59.6 Å². The summed E-state index contributed by atoms with van der Waals surface area (Å²) >= 11 is 1.40. The molecule has 0 radical (unpaired) electrons. The molecule has 2 aromatic carbocycles. The molecule has 1 heterocycles. The fourth-order valence-corrected chi connectivity index (χ4v) is 3.28. The maximum Gasteiger partial charge on any atom is 0.234 e. The molecule has 27 heavy (non-hydrogen) atoms. The third-order valence-corrected chi connectivity index (χ3v) is 4.86. The molecular weight excluding hydrogens is 358 g/mol. The average molecular weight is 379 g/mol. The minimum absolute atomic E-state index is 0.0587. The summed E-state index contributed by atoms with van der Waals surface area (Å²) in [6, 6.07) is 17.2. The Morgan fingerprint density at radius 3 is 2.52 bits per heavy atom. The highest BCUT2D eigenvalue weighted by atomic mass is 32.2. The molecule has 0 spiro atoms. The van der Waals surface area contributed by atoms with Crippen molar-refractivity contribution in [2.45, 2.75) is 18.9 Å². The number of aromatic nitrogens is 2. The highest BCUT2D eigenvalue weighted by Gasteiger charge is 2.09. The maximum atomic E-state index is 12.3. The zero-order valence-corrected chi connectivity index (χ0v) is 16.3. The van der Waals surface area contributed by atoms with E-state index in [-0.39, 0.29) is 11.7 Å². The number of nitrogens with zero attached hydrogens (tertiary/aromatic N) is 2. The average Bonchev–Trinajstić information content (AvgIpc) is 2.68. The first-order valence-electron chi connectivity index (χ1n) is 8.53. The van der Waals surface area contributed by atoms with E-state index in [9.17, 15) is 4.79 Å². The number of methoxy groups -OCH3 is 1. The Balaban J connectivity index is 1.69. The standard InChI is InChI=1S/C21H21N3O2S/c1-14-6-4-5-7-18(14)23-19(25)13-27-20-12-15(2)22-21(24-20)16-8-10-17(26-3)11-9-16/h4-12H,13H2,1-3H3,(H,23,25). The van der Waals surface area contributed by atoms with Crippen LogP contribution in [0.5, 0.6) is 5.75 Å². The Labute approximate surface area is 163 Å². The van der Waals surface area contributed by atoms with E-state index in [1.807, 2.05) is 68.4 Å². The van der Waals surface area contributed by atoms with Gasteiger partial charge in [0, 0.05) is 16.9 Å². The number of nitrogens with one attached hydrogen (secondary N) is 1. The van der Waals surface area contributed by atoms with Gasteiger partial charge in [-0.1, -0.05) is 30.0 Å². The summed E-state index contributed by atoms with van der Waals surface area (Å²) in [4.78, 5) is 21.3. The molecule has 6 heteroatoms. The molecule has 0 aliphatic rings. The molecule has 0 saturated heterocycles. The molecule has 138 valence electrons. The molecule has 3 rings (SSSR count). The van der Waals surface area contributed by atoms with Gasteiger partial charge in [-0.3, -0.25) is 4.79 Å². The molecule has 0 bridgehead atoms. The second kappa shape index (κ2) is 8.68. The predicted octanol–water partition coefficient (Wildman–Crippen LogP) is 4.50. The predicted molar refractivity (Wildman–Crippen MR) is 109 cm³/mol. The van der Waals surface area contributed by atoms with Crippen LogP contribution in [0.2, 0.25) is 0 Å². The van der Waals surface area contributed by atoms with E-state index in [1.165, 1.54) is 11.8 Å². The van der Waals surface area contributed by atoms with E-state index >= 15 is 0 Å². The SMILES string of the molecule is COc1ccc(-c2nc(C)cc(SCC(=O)Nc3ccccc3C)n2)cc1. The number of rotatable bonds is 6. The molecule has 0 aliphatic heterocycles. The number of benzene rings is 2. The van der Waals surface area contributed by atoms with Crippen molar-refractivity contribution >= 4 is 23.4 Å². The molecular formula is C21H21N3O2S. The van der Waals surface area contributed by atoms with Crippen molar-refractivity contribution in [1.82, 2.24) is 9.97 Å². The molecule has 0 fully saturated rings. The Bertz CT molecular complexity index is 942. The summed E-state index contributed by atoms with van der Waals surface area (Å²) in [5, 5.41) is 3.71. The first-order chi connectivity index (χ1) is 13.0. The van der Waals surface area contributed by atoms with Crippen LogP contribution in [-0.2, 0) is 4.79 Å². The van der Waals surface area contributed by atoms with Crippen molar-refractivity contribution in [2.75, 3.05) is 18.2 Å². The fourth-order valence-electron chi connectivity index (χ4n) is 2.52. The number of thioether (sulfide) groups is 1. The number of hydrogen-bond donors (Lipinski definition) is 1. The number of carbonyl (C=O) groups excluding carboxylic acids is 1. The lowest BCUT2D eigenvalue weighted by atomic mass is 10.2. The molecule has 1 aromatic heterocycles. The number of carbonyl (C=O) groups is 1. The molecule has 3 aromatic rings. The van der Waals surface area contributed by atoms with Gasteiger partial charge in [0.15, 0.2) is 5.82 Å². The van der Waals surface area contributed by atoms with Crippen molar-refractivity contribution in [3.63, 3.8) is 0 Å². The largest absolute Gasteiger partial charge is 0.497 e. The normalized spacial score (nSPS) is 10.5. The highest BCUT2D eigenvalue weighted by molar-refractivity contribution is 7.99. The smallest absolute Gasteiger partial charge is 0.234 e. The van der Waals surface area contributed by atoms with Gasteiger partial charge in [0.05, 0.1) is 12.9 Å². The van der Waals surface area contributed by atoms with Crippen molar-refractivity contribution in [3.8, 4) is 17.1 Å². The summed E-state index contributed by atoms with van der Waals surface area (Å²) in [6.07, 6.45) is 0. The lowest BCUT2D eigenvalue weighted by molar-refractivity contribution is -0.113. The molecule has 1 amide bonds. The van der Waals surface area contributed by atoms with E-state index in [0.717, 1.165) is 33.3 Å². The lowest BCUT2D eigenvalue weighted by Gasteiger charge is -2.09. The lowest BCUT2D eigenvalue weighted by Crippen LogP contribution is -2.14. The van der Waals surface area contributed by atoms with Gasteiger partial charge in [-0.05, 0) is 55.8 Å². The third-order valence-electron chi connectivity index (χ3n) is 3.95. The molecule has 0 aliphatic carbocycles. The van der Waals surface area contributed by atoms with Gasteiger partial charge in [0.1, 0.15) is 10.8 Å². The summed E-state index contributed by atoms with van der Waals surface area (Å²) in [5.74, 6) is 1.65. The first-order valence-corrected chi connectivity index (χ1v) is 9.52. The Kier molecular flexibility index (Phi) is 6.08. The van der Waals surface area contributed by atoms with Crippen molar-refractivity contribution in [2.24, 2.45) is 0 Å². The molecule has 0 saturated carbocycles. The van der Waals surface area contributed by atoms with E-state index in [0.29, 0.717) is 5.82 Å². The van der Waals surface area contributed by atoms with Crippen molar-refractivity contribution in [3.05, 3.63) is 65.9 Å². The van der Waals surface area contributed by atoms with E-state index in [2.05, 4.69) is 15.3 Å². The quantitative estimate of drug-likeness (QED) is 0.505. The van der Waals surface area contributed by atoms with Gasteiger partial charge in [-0.2, -0.15) is 0 Å². The number of para-hydroxylation sites is 1. The fraction of sp³-hybridized carbons (Fsp3) is 0.190. The zero-order chi connectivity index (χ0) is 19.2.